The zero-order valence-electron chi connectivity index (χ0n) is 10.1. The highest BCUT2D eigenvalue weighted by Gasteiger charge is 2.29. The van der Waals surface area contributed by atoms with Gasteiger partial charge < -0.3 is 10.6 Å². The van der Waals surface area contributed by atoms with Gasteiger partial charge in [-0.1, -0.05) is 6.92 Å². The van der Waals surface area contributed by atoms with E-state index in [0.717, 1.165) is 13.0 Å². The van der Waals surface area contributed by atoms with E-state index in [1.165, 1.54) is 6.07 Å². The van der Waals surface area contributed by atoms with E-state index in [2.05, 4.69) is 17.6 Å². The molecule has 0 spiro atoms. The molecule has 1 heterocycles. The first-order chi connectivity index (χ1) is 8.08. The van der Waals surface area contributed by atoms with Crippen molar-refractivity contribution < 1.29 is 9.18 Å². The smallest absolute Gasteiger partial charge is 0.241 e. The number of benzene rings is 1. The van der Waals surface area contributed by atoms with Gasteiger partial charge in [0.1, 0.15) is 5.82 Å². The van der Waals surface area contributed by atoms with Crippen LogP contribution in [0.25, 0.3) is 0 Å². The maximum atomic E-state index is 13.1. The summed E-state index contributed by atoms with van der Waals surface area (Å²) in [5.74, 6) is 0.0490. The van der Waals surface area contributed by atoms with Gasteiger partial charge in [0.2, 0.25) is 5.91 Å². The average Bonchev–Trinajstić information content (AvgIpc) is 2.70. The monoisotopic (exact) mass is 236 g/mol. The minimum Gasteiger partial charge on any atom is -0.325 e. The number of carbonyl (C=O) groups excluding carboxylic acids is 1. The van der Waals surface area contributed by atoms with Gasteiger partial charge in [0.25, 0.3) is 0 Å². The summed E-state index contributed by atoms with van der Waals surface area (Å²) in [6, 6.07) is 4.46. The first-order valence-corrected chi connectivity index (χ1v) is 5.88. The topological polar surface area (TPSA) is 41.1 Å². The lowest BCUT2D eigenvalue weighted by Gasteiger charge is -2.15. The fraction of sp³-hybridized carbons (Fsp3) is 0.462. The largest absolute Gasteiger partial charge is 0.325 e. The molecule has 1 amide bonds. The zero-order valence-corrected chi connectivity index (χ0v) is 10.1. The second-order valence-electron chi connectivity index (χ2n) is 4.65. The molecule has 0 aliphatic carbocycles. The number of anilines is 1. The highest BCUT2D eigenvalue weighted by atomic mass is 19.1. The third kappa shape index (κ3) is 2.64. The van der Waals surface area contributed by atoms with Crippen LogP contribution in [0.1, 0.15) is 18.9 Å². The van der Waals surface area contributed by atoms with Crippen LogP contribution in [0, 0.1) is 18.7 Å². The molecule has 0 aromatic heterocycles. The summed E-state index contributed by atoms with van der Waals surface area (Å²) in [6.07, 6.45) is 1.01. The van der Waals surface area contributed by atoms with Crippen LogP contribution < -0.4 is 10.6 Å². The molecule has 2 unspecified atom stereocenters. The van der Waals surface area contributed by atoms with Crippen LogP contribution in [0.3, 0.4) is 0 Å². The normalized spacial score (nSPS) is 23.7. The number of carbonyl (C=O) groups is 1. The first kappa shape index (κ1) is 12.0. The van der Waals surface area contributed by atoms with Gasteiger partial charge in [-0.25, -0.2) is 4.39 Å². The van der Waals surface area contributed by atoms with Crippen molar-refractivity contribution in [3.05, 3.63) is 29.6 Å². The lowest BCUT2D eigenvalue weighted by molar-refractivity contribution is -0.118. The molecule has 2 rings (SSSR count). The van der Waals surface area contributed by atoms with Crippen molar-refractivity contribution in [1.29, 1.82) is 0 Å². The molecule has 2 N–H and O–H groups in total. The van der Waals surface area contributed by atoms with Crippen molar-refractivity contribution >= 4 is 11.6 Å². The molecular formula is C13H17FN2O. The summed E-state index contributed by atoms with van der Waals surface area (Å²) < 4.78 is 13.1. The SMILES string of the molecule is Cc1cc(NC(=O)C2NCCC2C)ccc1F. The van der Waals surface area contributed by atoms with Crippen LogP contribution in [0.4, 0.5) is 10.1 Å². The molecule has 2 atom stereocenters. The van der Waals surface area contributed by atoms with E-state index in [1.807, 2.05) is 0 Å². The lowest BCUT2D eigenvalue weighted by Crippen LogP contribution is -2.39. The van der Waals surface area contributed by atoms with Gasteiger partial charge in [0, 0.05) is 5.69 Å². The Morgan fingerprint density at radius 2 is 2.29 bits per heavy atom. The zero-order chi connectivity index (χ0) is 12.4. The molecule has 0 radical (unpaired) electrons. The quantitative estimate of drug-likeness (QED) is 0.825. The third-order valence-electron chi connectivity index (χ3n) is 3.24. The van der Waals surface area contributed by atoms with Gasteiger partial charge in [-0.3, -0.25) is 4.79 Å². The lowest BCUT2D eigenvalue weighted by atomic mass is 10.0. The van der Waals surface area contributed by atoms with Crippen LogP contribution in [0.2, 0.25) is 0 Å². The summed E-state index contributed by atoms with van der Waals surface area (Å²) in [5.41, 5.74) is 1.19. The highest BCUT2D eigenvalue weighted by molar-refractivity contribution is 5.95. The van der Waals surface area contributed by atoms with Crippen molar-refractivity contribution in [1.82, 2.24) is 5.32 Å². The Hall–Kier alpha value is -1.42. The van der Waals surface area contributed by atoms with E-state index < -0.39 is 0 Å². The van der Waals surface area contributed by atoms with Crippen LogP contribution in [-0.4, -0.2) is 18.5 Å². The molecule has 0 saturated carbocycles. The number of aryl methyl sites for hydroxylation is 1. The van der Waals surface area contributed by atoms with E-state index in [9.17, 15) is 9.18 Å². The minimum absolute atomic E-state index is 0.0407. The maximum Gasteiger partial charge on any atom is 0.241 e. The van der Waals surface area contributed by atoms with E-state index in [4.69, 9.17) is 0 Å². The Balaban J connectivity index is 2.05. The fourth-order valence-corrected chi connectivity index (χ4v) is 2.13. The highest BCUT2D eigenvalue weighted by Crippen LogP contribution is 2.18. The molecule has 0 bridgehead atoms. The predicted molar refractivity (Wildman–Crippen MR) is 65.3 cm³/mol. The number of amides is 1. The molecule has 1 aliphatic rings. The summed E-state index contributed by atoms with van der Waals surface area (Å²) in [5, 5.41) is 5.98. The number of rotatable bonds is 2. The van der Waals surface area contributed by atoms with Crippen LogP contribution in [-0.2, 0) is 4.79 Å². The molecule has 17 heavy (non-hydrogen) atoms. The van der Waals surface area contributed by atoms with Crippen molar-refractivity contribution in [3.63, 3.8) is 0 Å². The second kappa shape index (κ2) is 4.84. The van der Waals surface area contributed by atoms with Crippen molar-refractivity contribution in [3.8, 4) is 0 Å². The van der Waals surface area contributed by atoms with Gasteiger partial charge in [-0.15, -0.1) is 0 Å². The number of hydrogen-bond acceptors (Lipinski definition) is 2. The van der Waals surface area contributed by atoms with Crippen molar-refractivity contribution in [2.75, 3.05) is 11.9 Å². The fourth-order valence-electron chi connectivity index (χ4n) is 2.13. The molecule has 1 saturated heterocycles. The van der Waals surface area contributed by atoms with E-state index in [0.29, 0.717) is 17.2 Å². The van der Waals surface area contributed by atoms with Crippen molar-refractivity contribution in [2.24, 2.45) is 5.92 Å². The third-order valence-corrected chi connectivity index (χ3v) is 3.24. The van der Waals surface area contributed by atoms with Gasteiger partial charge in [0.15, 0.2) is 0 Å². The molecule has 1 aromatic carbocycles. The molecule has 3 nitrogen and oxygen atoms in total. The molecule has 92 valence electrons. The summed E-state index contributed by atoms with van der Waals surface area (Å²) >= 11 is 0. The van der Waals surface area contributed by atoms with Crippen molar-refractivity contribution in [2.45, 2.75) is 26.3 Å². The number of halogens is 1. The first-order valence-electron chi connectivity index (χ1n) is 5.88. The second-order valence-corrected chi connectivity index (χ2v) is 4.65. The molecule has 1 aliphatic heterocycles. The maximum absolute atomic E-state index is 13.1. The average molecular weight is 236 g/mol. The van der Waals surface area contributed by atoms with Crippen LogP contribution in [0.5, 0.6) is 0 Å². The number of hydrogen-bond donors (Lipinski definition) is 2. The summed E-state index contributed by atoms with van der Waals surface area (Å²) in [4.78, 5) is 12.0. The Kier molecular flexibility index (Phi) is 3.43. The standard InChI is InChI=1S/C13H17FN2O/c1-8-5-6-15-12(8)13(17)16-10-3-4-11(14)9(2)7-10/h3-4,7-8,12,15H,5-6H2,1-2H3,(H,16,17). The van der Waals surface area contributed by atoms with E-state index >= 15 is 0 Å². The minimum atomic E-state index is -0.254. The van der Waals surface area contributed by atoms with Gasteiger partial charge in [-0.2, -0.15) is 0 Å². The van der Waals surface area contributed by atoms with Gasteiger partial charge in [0.05, 0.1) is 6.04 Å². The molecule has 1 aromatic rings. The number of nitrogens with one attached hydrogen (secondary N) is 2. The van der Waals surface area contributed by atoms with Gasteiger partial charge in [-0.05, 0) is 49.6 Å². The Morgan fingerprint density at radius 1 is 1.53 bits per heavy atom. The van der Waals surface area contributed by atoms with E-state index in [-0.39, 0.29) is 17.8 Å². The summed E-state index contributed by atoms with van der Waals surface area (Å²) in [7, 11) is 0. The Bertz CT molecular complexity index is 433. The van der Waals surface area contributed by atoms with Crippen LogP contribution >= 0.6 is 0 Å². The molecular weight excluding hydrogens is 219 g/mol. The van der Waals surface area contributed by atoms with E-state index in [1.54, 1.807) is 19.1 Å². The Morgan fingerprint density at radius 3 is 2.88 bits per heavy atom. The summed E-state index contributed by atoms with van der Waals surface area (Å²) in [6.45, 7) is 4.61. The predicted octanol–water partition coefficient (Wildman–Crippen LogP) is 2.07. The molecule has 4 heteroatoms. The Labute approximate surface area is 100 Å². The van der Waals surface area contributed by atoms with Crippen LogP contribution in [0.15, 0.2) is 18.2 Å². The molecule has 1 fully saturated rings. The van der Waals surface area contributed by atoms with Gasteiger partial charge >= 0.3 is 0 Å².